The molecule has 1 atom stereocenters. The fraction of sp³-hybridized carbons (Fsp3) is 0.368. The van der Waals surface area contributed by atoms with Gasteiger partial charge in [0.05, 0.1) is 0 Å². The maximum Gasteiger partial charge on any atom is 0.0435 e. The van der Waals surface area contributed by atoms with Gasteiger partial charge in [0.2, 0.25) is 0 Å². The smallest absolute Gasteiger partial charge is 0.0435 e. The van der Waals surface area contributed by atoms with Crippen molar-refractivity contribution in [2.45, 2.75) is 44.9 Å². The third-order valence-electron chi connectivity index (χ3n) is 4.71. The molecule has 3 rings (SSSR count). The molecule has 0 saturated carbocycles. The summed E-state index contributed by atoms with van der Waals surface area (Å²) in [5.41, 5.74) is 5.85. The van der Waals surface area contributed by atoms with E-state index in [1.165, 1.54) is 35.1 Å². The first-order valence-electron chi connectivity index (χ1n) is 7.34. The van der Waals surface area contributed by atoms with Crippen molar-refractivity contribution in [1.29, 1.82) is 0 Å². The lowest BCUT2D eigenvalue weighted by Gasteiger charge is -2.37. The van der Waals surface area contributed by atoms with Crippen LogP contribution in [0.2, 0.25) is 5.02 Å². The molecule has 1 heteroatoms. The van der Waals surface area contributed by atoms with Gasteiger partial charge in [0.1, 0.15) is 0 Å². The Kier molecular flexibility index (Phi) is 3.38. The predicted octanol–water partition coefficient (Wildman–Crippen LogP) is 5.85. The summed E-state index contributed by atoms with van der Waals surface area (Å²) in [4.78, 5) is 0. The summed E-state index contributed by atoms with van der Waals surface area (Å²) in [6.07, 6.45) is 2.45. The van der Waals surface area contributed by atoms with E-state index in [0.29, 0.717) is 5.92 Å². The predicted molar refractivity (Wildman–Crippen MR) is 86.7 cm³/mol. The highest BCUT2D eigenvalue weighted by Gasteiger charge is 2.32. The first-order chi connectivity index (χ1) is 9.49. The average Bonchev–Trinajstić information content (AvgIpc) is 2.43. The molecule has 0 nitrogen and oxygen atoms in total. The zero-order chi connectivity index (χ0) is 14.3. The van der Waals surface area contributed by atoms with E-state index in [0.717, 1.165) is 5.02 Å². The van der Waals surface area contributed by atoms with Crippen molar-refractivity contribution in [2.24, 2.45) is 0 Å². The zero-order valence-electron chi connectivity index (χ0n) is 12.4. The fourth-order valence-corrected chi connectivity index (χ4v) is 3.56. The molecule has 0 spiro atoms. The van der Waals surface area contributed by atoms with Crippen LogP contribution in [0.1, 0.15) is 54.9 Å². The van der Waals surface area contributed by atoms with Gasteiger partial charge in [0, 0.05) is 10.9 Å². The van der Waals surface area contributed by atoms with E-state index in [4.69, 9.17) is 11.6 Å². The van der Waals surface area contributed by atoms with Gasteiger partial charge in [0.15, 0.2) is 0 Å². The fourth-order valence-electron chi connectivity index (χ4n) is 3.44. The molecule has 0 aliphatic heterocycles. The van der Waals surface area contributed by atoms with Crippen molar-refractivity contribution < 1.29 is 0 Å². The summed E-state index contributed by atoms with van der Waals surface area (Å²) >= 11 is 6.17. The van der Waals surface area contributed by atoms with E-state index in [1.54, 1.807) is 0 Å². The molecule has 20 heavy (non-hydrogen) atoms. The van der Waals surface area contributed by atoms with Gasteiger partial charge in [-0.2, -0.15) is 0 Å². The van der Waals surface area contributed by atoms with Crippen LogP contribution in [0.15, 0.2) is 42.5 Å². The van der Waals surface area contributed by atoms with Crippen molar-refractivity contribution in [3.63, 3.8) is 0 Å². The quantitative estimate of drug-likeness (QED) is 0.616. The lowest BCUT2D eigenvalue weighted by atomic mass is 9.67. The van der Waals surface area contributed by atoms with Crippen LogP contribution in [0.4, 0.5) is 0 Å². The molecule has 0 heterocycles. The summed E-state index contributed by atoms with van der Waals surface area (Å²) in [6.45, 7) is 6.80. The van der Waals surface area contributed by atoms with Crippen LogP contribution in [0.3, 0.4) is 0 Å². The highest BCUT2D eigenvalue weighted by molar-refractivity contribution is 6.31. The van der Waals surface area contributed by atoms with Gasteiger partial charge in [-0.3, -0.25) is 0 Å². The number of fused-ring (bicyclic) bond motifs is 1. The van der Waals surface area contributed by atoms with Crippen LogP contribution in [0, 0.1) is 6.92 Å². The first kappa shape index (κ1) is 13.7. The van der Waals surface area contributed by atoms with E-state index in [2.05, 4.69) is 57.2 Å². The number of rotatable bonds is 1. The molecule has 0 fully saturated rings. The van der Waals surface area contributed by atoms with Crippen LogP contribution in [0.25, 0.3) is 0 Å². The summed E-state index contributed by atoms with van der Waals surface area (Å²) in [5, 5.41) is 0.859. The molecule has 0 amide bonds. The maximum atomic E-state index is 6.17. The van der Waals surface area contributed by atoms with Crippen LogP contribution < -0.4 is 0 Å². The van der Waals surface area contributed by atoms with Crippen LogP contribution in [0.5, 0.6) is 0 Å². The standard InChI is InChI=1S/C19H21Cl/c1-13-12-14(8-9-18(13)20)15-10-11-19(2,3)17-7-5-4-6-16(15)17/h4-9,12,15H,10-11H2,1-3H3/t15-/m0/s1. The second-order valence-electron chi connectivity index (χ2n) is 6.57. The molecular formula is C19H21Cl. The number of hydrogen-bond donors (Lipinski definition) is 0. The molecule has 1 aliphatic carbocycles. The second kappa shape index (κ2) is 4.93. The number of halogens is 1. The van der Waals surface area contributed by atoms with Crippen LogP contribution in [-0.2, 0) is 5.41 Å². The summed E-state index contributed by atoms with van der Waals surface area (Å²) in [7, 11) is 0. The van der Waals surface area contributed by atoms with Gasteiger partial charge >= 0.3 is 0 Å². The summed E-state index contributed by atoms with van der Waals surface area (Å²) in [5.74, 6) is 0.509. The molecular weight excluding hydrogens is 264 g/mol. The Labute approximate surface area is 126 Å². The molecule has 2 aromatic rings. The van der Waals surface area contributed by atoms with E-state index in [9.17, 15) is 0 Å². The molecule has 0 radical (unpaired) electrons. The molecule has 0 unspecified atom stereocenters. The molecule has 0 aromatic heterocycles. The Morgan fingerprint density at radius 2 is 1.85 bits per heavy atom. The number of benzene rings is 2. The lowest BCUT2D eigenvalue weighted by Crippen LogP contribution is -2.26. The molecule has 0 saturated heterocycles. The van der Waals surface area contributed by atoms with Crippen molar-refractivity contribution >= 4 is 11.6 Å². The van der Waals surface area contributed by atoms with Gasteiger partial charge in [-0.1, -0.05) is 61.8 Å². The molecule has 0 bridgehead atoms. The highest BCUT2D eigenvalue weighted by Crippen LogP contribution is 2.45. The zero-order valence-corrected chi connectivity index (χ0v) is 13.2. The molecule has 1 aliphatic rings. The number of hydrogen-bond acceptors (Lipinski definition) is 0. The average molecular weight is 285 g/mol. The van der Waals surface area contributed by atoms with Gasteiger partial charge in [-0.05, 0) is 53.5 Å². The minimum atomic E-state index is 0.286. The minimum Gasteiger partial charge on any atom is -0.0841 e. The van der Waals surface area contributed by atoms with Gasteiger partial charge in [0.25, 0.3) is 0 Å². The SMILES string of the molecule is Cc1cc([C@@H]2CCC(C)(C)c3ccccc32)ccc1Cl. The Balaban J connectivity index is 2.10. The summed E-state index contributed by atoms with van der Waals surface area (Å²) in [6, 6.07) is 15.4. The topological polar surface area (TPSA) is 0 Å². The van der Waals surface area contributed by atoms with Gasteiger partial charge in [-0.15, -0.1) is 0 Å². The highest BCUT2D eigenvalue weighted by atomic mass is 35.5. The van der Waals surface area contributed by atoms with Crippen molar-refractivity contribution in [3.8, 4) is 0 Å². The third-order valence-corrected chi connectivity index (χ3v) is 5.13. The Hall–Kier alpha value is -1.27. The van der Waals surface area contributed by atoms with Gasteiger partial charge < -0.3 is 0 Å². The first-order valence-corrected chi connectivity index (χ1v) is 7.72. The van der Waals surface area contributed by atoms with Crippen LogP contribution in [-0.4, -0.2) is 0 Å². The minimum absolute atomic E-state index is 0.286. The molecule has 0 N–H and O–H groups in total. The summed E-state index contributed by atoms with van der Waals surface area (Å²) < 4.78 is 0. The molecule has 2 aromatic carbocycles. The third kappa shape index (κ3) is 2.27. The monoisotopic (exact) mass is 284 g/mol. The molecule has 104 valence electrons. The van der Waals surface area contributed by atoms with E-state index in [-0.39, 0.29) is 5.41 Å². The Bertz CT molecular complexity index is 640. The van der Waals surface area contributed by atoms with Crippen molar-refractivity contribution in [2.75, 3.05) is 0 Å². The van der Waals surface area contributed by atoms with E-state index >= 15 is 0 Å². The Morgan fingerprint density at radius 3 is 2.60 bits per heavy atom. The lowest BCUT2D eigenvalue weighted by molar-refractivity contribution is 0.411. The van der Waals surface area contributed by atoms with Crippen LogP contribution >= 0.6 is 11.6 Å². The van der Waals surface area contributed by atoms with Crippen molar-refractivity contribution in [3.05, 3.63) is 69.7 Å². The largest absolute Gasteiger partial charge is 0.0841 e. The number of aryl methyl sites for hydroxylation is 1. The normalized spacial score (nSPS) is 20.5. The van der Waals surface area contributed by atoms with E-state index < -0.39 is 0 Å². The van der Waals surface area contributed by atoms with Gasteiger partial charge in [-0.25, -0.2) is 0 Å². The maximum absolute atomic E-state index is 6.17. The Morgan fingerprint density at radius 1 is 1.10 bits per heavy atom. The van der Waals surface area contributed by atoms with Crippen molar-refractivity contribution in [1.82, 2.24) is 0 Å². The second-order valence-corrected chi connectivity index (χ2v) is 6.98. The van der Waals surface area contributed by atoms with E-state index in [1.807, 2.05) is 6.07 Å².